The number of carbonyl (C=O) groups is 1. The van der Waals surface area contributed by atoms with Gasteiger partial charge >= 0.3 is 0 Å². The van der Waals surface area contributed by atoms with Crippen LogP contribution in [0, 0.1) is 6.92 Å². The Labute approximate surface area is 198 Å². The van der Waals surface area contributed by atoms with E-state index < -0.39 is 0 Å². The van der Waals surface area contributed by atoms with Crippen LogP contribution in [0.1, 0.15) is 21.5 Å². The highest BCUT2D eigenvalue weighted by Gasteiger charge is 2.21. The van der Waals surface area contributed by atoms with E-state index in [0.717, 1.165) is 16.7 Å². The number of ether oxygens (including phenoxy) is 3. The topological polar surface area (TPSA) is 74.6 Å². The summed E-state index contributed by atoms with van der Waals surface area (Å²) >= 11 is 0. The number of hydrogen-bond acceptors (Lipinski definition) is 5. The van der Waals surface area contributed by atoms with Crippen molar-refractivity contribution in [2.45, 2.75) is 13.5 Å². The summed E-state index contributed by atoms with van der Waals surface area (Å²) in [5.74, 6) is 1.46. The van der Waals surface area contributed by atoms with Gasteiger partial charge in [0, 0.05) is 11.8 Å². The van der Waals surface area contributed by atoms with Crippen molar-refractivity contribution in [3.63, 3.8) is 0 Å². The van der Waals surface area contributed by atoms with Crippen molar-refractivity contribution in [3.05, 3.63) is 89.6 Å². The molecule has 0 spiro atoms. The largest absolute Gasteiger partial charge is 0.495 e. The molecule has 4 rings (SSSR count). The van der Waals surface area contributed by atoms with Crippen LogP contribution < -0.4 is 19.5 Å². The third-order valence-electron chi connectivity index (χ3n) is 5.45. The lowest BCUT2D eigenvalue weighted by atomic mass is 10.1. The highest BCUT2D eigenvalue weighted by atomic mass is 16.5. The second-order valence-corrected chi connectivity index (χ2v) is 7.80. The van der Waals surface area contributed by atoms with Crippen molar-refractivity contribution in [1.82, 2.24) is 9.78 Å². The van der Waals surface area contributed by atoms with E-state index in [9.17, 15) is 4.79 Å². The Morgan fingerprint density at radius 1 is 0.882 bits per heavy atom. The van der Waals surface area contributed by atoms with Gasteiger partial charge < -0.3 is 19.5 Å². The maximum absolute atomic E-state index is 13.5. The van der Waals surface area contributed by atoms with Crippen LogP contribution in [0.4, 0.5) is 5.69 Å². The first-order valence-corrected chi connectivity index (χ1v) is 10.8. The second kappa shape index (κ2) is 10.1. The molecular formula is C27H27N3O4. The summed E-state index contributed by atoms with van der Waals surface area (Å²) in [6.07, 6.45) is 1.76. The Morgan fingerprint density at radius 2 is 1.59 bits per heavy atom. The van der Waals surface area contributed by atoms with Gasteiger partial charge in [-0.15, -0.1) is 0 Å². The van der Waals surface area contributed by atoms with Crippen LogP contribution >= 0.6 is 0 Å². The average molecular weight is 458 g/mol. The van der Waals surface area contributed by atoms with Crippen molar-refractivity contribution >= 4 is 11.6 Å². The van der Waals surface area contributed by atoms with Gasteiger partial charge in [-0.2, -0.15) is 5.10 Å². The number of hydrogen-bond donors (Lipinski definition) is 1. The Bertz CT molecular complexity index is 1300. The third-order valence-corrected chi connectivity index (χ3v) is 5.45. The monoisotopic (exact) mass is 457 g/mol. The second-order valence-electron chi connectivity index (χ2n) is 7.80. The molecule has 1 N–H and O–H groups in total. The Balaban J connectivity index is 1.76. The fraction of sp³-hybridized carbons (Fsp3) is 0.185. The quantitative estimate of drug-likeness (QED) is 0.394. The predicted molar refractivity (Wildman–Crippen MR) is 132 cm³/mol. The van der Waals surface area contributed by atoms with Gasteiger partial charge in [0.05, 0.1) is 39.1 Å². The van der Waals surface area contributed by atoms with Crippen LogP contribution in [-0.4, -0.2) is 37.0 Å². The lowest BCUT2D eigenvalue weighted by Gasteiger charge is -2.12. The Hall–Kier alpha value is -4.26. The van der Waals surface area contributed by atoms with E-state index in [1.807, 2.05) is 67.6 Å². The lowest BCUT2D eigenvalue weighted by molar-refractivity contribution is 0.102. The van der Waals surface area contributed by atoms with Gasteiger partial charge in [-0.05, 0) is 48.4 Å². The molecule has 0 fully saturated rings. The zero-order valence-corrected chi connectivity index (χ0v) is 19.7. The van der Waals surface area contributed by atoms with Crippen LogP contribution in [0.3, 0.4) is 0 Å². The summed E-state index contributed by atoms with van der Waals surface area (Å²) in [4.78, 5) is 13.5. The summed E-state index contributed by atoms with van der Waals surface area (Å²) < 4.78 is 18.0. The van der Waals surface area contributed by atoms with E-state index in [2.05, 4.69) is 5.32 Å². The van der Waals surface area contributed by atoms with Gasteiger partial charge in [0.1, 0.15) is 11.4 Å². The highest BCUT2D eigenvalue weighted by Crippen LogP contribution is 2.34. The summed E-state index contributed by atoms with van der Waals surface area (Å²) in [6.45, 7) is 2.49. The predicted octanol–water partition coefficient (Wildman–Crippen LogP) is 5.18. The number of amides is 1. The number of nitrogens with one attached hydrogen (secondary N) is 1. The zero-order chi connectivity index (χ0) is 24.1. The molecule has 0 saturated heterocycles. The van der Waals surface area contributed by atoms with E-state index in [1.165, 1.54) is 0 Å². The number of carbonyl (C=O) groups excluding carboxylic acids is 1. The van der Waals surface area contributed by atoms with E-state index in [4.69, 9.17) is 19.3 Å². The minimum Gasteiger partial charge on any atom is -0.495 e. The molecule has 1 amide bonds. The summed E-state index contributed by atoms with van der Waals surface area (Å²) in [7, 11) is 4.74. The minimum atomic E-state index is -0.284. The average Bonchev–Trinajstić information content (AvgIpc) is 3.28. The molecule has 4 aromatic rings. The van der Waals surface area contributed by atoms with Gasteiger partial charge in [0.25, 0.3) is 5.91 Å². The molecule has 0 atom stereocenters. The number of benzene rings is 3. The molecular weight excluding hydrogens is 430 g/mol. The molecule has 1 heterocycles. The molecule has 0 bridgehead atoms. The van der Waals surface area contributed by atoms with Crippen LogP contribution in [-0.2, 0) is 6.54 Å². The standard InChI is InChI=1S/C27H27N3O4/c1-18-10-12-23(32-2)22(14-18)28-27(31)21-17-30(16-19-8-6-5-7-9-19)29-26(21)20-11-13-24(33-3)25(15-20)34-4/h5-15,17H,16H2,1-4H3,(H,28,31). The van der Waals surface area contributed by atoms with Crippen LogP contribution in [0.5, 0.6) is 17.2 Å². The Kier molecular flexibility index (Phi) is 6.82. The number of nitrogens with zero attached hydrogens (tertiary/aromatic N) is 2. The van der Waals surface area contributed by atoms with Crippen molar-refractivity contribution in [3.8, 4) is 28.5 Å². The summed E-state index contributed by atoms with van der Waals surface area (Å²) in [6, 6.07) is 21.1. The maximum Gasteiger partial charge on any atom is 0.259 e. The fourth-order valence-electron chi connectivity index (χ4n) is 3.74. The molecule has 174 valence electrons. The number of anilines is 1. The molecule has 0 unspecified atom stereocenters. The smallest absolute Gasteiger partial charge is 0.259 e. The molecule has 0 radical (unpaired) electrons. The van der Waals surface area contributed by atoms with Crippen molar-refractivity contribution < 1.29 is 19.0 Å². The number of methoxy groups -OCH3 is 3. The molecule has 7 heteroatoms. The van der Waals surface area contributed by atoms with Crippen molar-refractivity contribution in [2.24, 2.45) is 0 Å². The van der Waals surface area contributed by atoms with Crippen LogP contribution in [0.25, 0.3) is 11.3 Å². The first-order valence-electron chi connectivity index (χ1n) is 10.8. The van der Waals surface area contributed by atoms with Crippen molar-refractivity contribution in [1.29, 1.82) is 0 Å². The summed E-state index contributed by atoms with van der Waals surface area (Å²) in [5.41, 5.74) is 4.41. The third kappa shape index (κ3) is 4.88. The van der Waals surface area contributed by atoms with Gasteiger partial charge in [0.15, 0.2) is 11.5 Å². The molecule has 0 aliphatic rings. The van der Waals surface area contributed by atoms with E-state index in [0.29, 0.717) is 40.7 Å². The molecule has 7 nitrogen and oxygen atoms in total. The molecule has 3 aromatic carbocycles. The maximum atomic E-state index is 13.5. The van der Waals surface area contributed by atoms with Crippen LogP contribution in [0.2, 0.25) is 0 Å². The van der Waals surface area contributed by atoms with Gasteiger partial charge in [-0.25, -0.2) is 0 Å². The minimum absolute atomic E-state index is 0.284. The normalized spacial score (nSPS) is 10.6. The van der Waals surface area contributed by atoms with Gasteiger partial charge in [-0.3, -0.25) is 9.48 Å². The van der Waals surface area contributed by atoms with E-state index in [1.54, 1.807) is 38.3 Å². The van der Waals surface area contributed by atoms with E-state index in [-0.39, 0.29) is 5.91 Å². The van der Waals surface area contributed by atoms with Crippen LogP contribution in [0.15, 0.2) is 72.9 Å². The zero-order valence-electron chi connectivity index (χ0n) is 19.7. The van der Waals surface area contributed by atoms with Crippen molar-refractivity contribution in [2.75, 3.05) is 26.6 Å². The number of rotatable bonds is 8. The number of aryl methyl sites for hydroxylation is 1. The molecule has 0 saturated carbocycles. The lowest BCUT2D eigenvalue weighted by Crippen LogP contribution is -2.13. The first-order chi connectivity index (χ1) is 16.5. The van der Waals surface area contributed by atoms with E-state index >= 15 is 0 Å². The fourth-order valence-corrected chi connectivity index (χ4v) is 3.74. The van der Waals surface area contributed by atoms with Gasteiger partial charge in [-0.1, -0.05) is 36.4 Å². The molecule has 34 heavy (non-hydrogen) atoms. The number of aromatic nitrogens is 2. The molecule has 1 aromatic heterocycles. The first kappa shape index (κ1) is 22.9. The molecule has 0 aliphatic heterocycles. The summed E-state index contributed by atoms with van der Waals surface area (Å²) in [5, 5.41) is 7.74. The molecule has 0 aliphatic carbocycles. The SMILES string of the molecule is COc1ccc(C)cc1NC(=O)c1cn(Cc2ccccc2)nc1-c1ccc(OC)c(OC)c1. The highest BCUT2D eigenvalue weighted by molar-refractivity contribution is 6.08. The van der Waals surface area contributed by atoms with Gasteiger partial charge in [0.2, 0.25) is 0 Å². The Morgan fingerprint density at radius 3 is 2.29 bits per heavy atom.